The monoisotopic (exact) mass is 580 g/mol. The molecule has 0 spiro atoms. The molecule has 0 N–H and O–H groups in total. The fraction of sp³-hybridized carbons (Fsp3) is 0.0556. The Morgan fingerprint density at radius 2 is 1.11 bits per heavy atom. The third-order valence-corrected chi connectivity index (χ3v) is 7.92. The van der Waals surface area contributed by atoms with Crippen molar-refractivity contribution in [1.82, 2.24) is 0 Å². The summed E-state index contributed by atoms with van der Waals surface area (Å²) in [5.74, 6) is -0.306. The second kappa shape index (κ2) is 10.1. The molecule has 8 heteroatoms. The molecule has 0 atom stereocenters. The number of alkyl halides is 3. The van der Waals surface area contributed by atoms with Crippen molar-refractivity contribution in [1.29, 1.82) is 5.26 Å². The van der Waals surface area contributed by atoms with Crippen molar-refractivity contribution < 1.29 is 17.9 Å². The van der Waals surface area contributed by atoms with Gasteiger partial charge in [-0.05, 0) is 87.1 Å². The number of rotatable bonds is 3. The Morgan fingerprint density at radius 1 is 0.636 bits per heavy atom. The molecular weight excluding hydrogens is 561 g/mol. The summed E-state index contributed by atoms with van der Waals surface area (Å²) in [6.07, 6.45) is -2.84. The first-order chi connectivity index (χ1) is 21.2. The number of nitriles is 1. The van der Waals surface area contributed by atoms with E-state index >= 15 is 0 Å². The van der Waals surface area contributed by atoms with Crippen LogP contribution >= 0.6 is 0 Å². The van der Waals surface area contributed by atoms with Crippen LogP contribution in [0.2, 0.25) is 0 Å². The summed E-state index contributed by atoms with van der Waals surface area (Å²) in [5, 5.41) is 21.7. The number of hydrogen-bond acceptors (Lipinski definition) is 4. The Morgan fingerprint density at radius 3 is 1.64 bits per heavy atom. The van der Waals surface area contributed by atoms with Gasteiger partial charge in [-0.15, -0.1) is 18.1 Å². The molecule has 0 radical (unpaired) electrons. The van der Waals surface area contributed by atoms with Crippen LogP contribution in [-0.2, 0) is 0 Å². The van der Waals surface area contributed by atoms with E-state index in [9.17, 15) is 18.4 Å². The second-order valence-corrected chi connectivity index (χ2v) is 10.5. The minimum Gasteiger partial charge on any atom is -0.406 e. The van der Waals surface area contributed by atoms with E-state index in [-0.39, 0.29) is 5.75 Å². The van der Waals surface area contributed by atoms with E-state index in [4.69, 9.17) is 6.57 Å². The van der Waals surface area contributed by atoms with E-state index in [0.29, 0.717) is 16.3 Å². The van der Waals surface area contributed by atoms with Crippen LogP contribution in [0.4, 0.5) is 13.2 Å². The number of fused-ring (bicyclic) bond motifs is 6. The predicted octanol–water partition coefficient (Wildman–Crippen LogP) is 8.83. The first kappa shape index (κ1) is 26.9. The Hall–Kier alpha value is -5.99. The van der Waals surface area contributed by atoms with Crippen LogP contribution in [0.5, 0.6) is 5.75 Å². The van der Waals surface area contributed by atoms with E-state index in [1.165, 1.54) is 17.7 Å². The van der Waals surface area contributed by atoms with Gasteiger partial charge in [0, 0.05) is 21.5 Å². The highest BCUT2D eigenvalue weighted by molar-refractivity contribution is 6.21. The molecule has 0 fully saturated rings. The van der Waals surface area contributed by atoms with Crippen LogP contribution in [0.1, 0.15) is 5.56 Å². The number of hydrogen-bond donors (Lipinski definition) is 0. The highest BCUT2D eigenvalue weighted by atomic mass is 19.4. The molecule has 0 saturated carbocycles. The van der Waals surface area contributed by atoms with Gasteiger partial charge in [0.1, 0.15) is 5.75 Å². The quantitative estimate of drug-likeness (QED) is 0.119. The van der Waals surface area contributed by atoms with Gasteiger partial charge in [-0.25, -0.2) is 0 Å². The Labute approximate surface area is 248 Å². The molecule has 0 bridgehead atoms. The molecule has 0 saturated heterocycles. The number of halogens is 3. The predicted molar refractivity (Wildman–Crippen MR) is 164 cm³/mol. The van der Waals surface area contributed by atoms with Crippen molar-refractivity contribution in [3.8, 4) is 34.2 Å². The SMILES string of the molecule is [C-]#[N+]/N=c1\c2cc(-c3ccc(C)cc3)ccc2c2cc3/c(=N/C#N)c4cc(-c5ccc(OC(F)(F)F)cc5)ccc4c3cc12. The zero-order chi connectivity index (χ0) is 30.6. The molecule has 0 amide bonds. The normalized spacial score (nSPS) is 12.8. The molecule has 0 aliphatic heterocycles. The fourth-order valence-electron chi connectivity index (χ4n) is 5.96. The number of nitrogens with zero attached hydrogens (tertiary/aromatic N) is 4. The molecule has 210 valence electrons. The summed E-state index contributed by atoms with van der Waals surface area (Å²) in [6.45, 7) is 9.57. The lowest BCUT2D eigenvalue weighted by Gasteiger charge is -2.09. The van der Waals surface area contributed by atoms with Gasteiger partial charge in [0.2, 0.25) is 6.19 Å². The molecule has 0 aliphatic carbocycles. The third-order valence-electron chi connectivity index (χ3n) is 7.92. The summed E-state index contributed by atoms with van der Waals surface area (Å²) in [5.41, 5.74) is 4.68. The van der Waals surface area contributed by atoms with Crippen LogP contribution in [0.15, 0.2) is 107 Å². The molecule has 0 aromatic heterocycles. The van der Waals surface area contributed by atoms with Crippen molar-refractivity contribution >= 4 is 43.1 Å². The zero-order valence-corrected chi connectivity index (χ0v) is 23.1. The van der Waals surface area contributed by atoms with Crippen molar-refractivity contribution in [2.24, 2.45) is 10.1 Å². The van der Waals surface area contributed by atoms with Gasteiger partial charge in [-0.3, -0.25) is 0 Å². The minimum absolute atomic E-state index is 0.306. The summed E-state index contributed by atoms with van der Waals surface area (Å²) in [7, 11) is 0. The summed E-state index contributed by atoms with van der Waals surface area (Å²) in [6, 6.07) is 29.7. The number of benzene rings is 5. The van der Waals surface area contributed by atoms with Gasteiger partial charge < -0.3 is 4.74 Å². The van der Waals surface area contributed by atoms with Crippen LogP contribution in [0.25, 0.3) is 70.3 Å². The molecule has 0 aliphatic rings. The van der Waals surface area contributed by atoms with E-state index in [0.717, 1.165) is 59.8 Å². The lowest BCUT2D eigenvalue weighted by molar-refractivity contribution is -0.274. The third kappa shape index (κ3) is 4.50. The Kier molecular flexibility index (Phi) is 6.16. The molecule has 7 rings (SSSR count). The maximum Gasteiger partial charge on any atom is 0.573 e. The highest BCUT2D eigenvalue weighted by Gasteiger charge is 2.31. The van der Waals surface area contributed by atoms with E-state index in [1.807, 2.05) is 49.5 Å². The Bertz CT molecular complexity index is 2470. The van der Waals surface area contributed by atoms with E-state index < -0.39 is 6.36 Å². The summed E-state index contributed by atoms with van der Waals surface area (Å²) < 4.78 is 41.8. The van der Waals surface area contributed by atoms with Gasteiger partial charge in [0.05, 0.1) is 10.5 Å². The molecule has 5 nitrogen and oxygen atoms in total. The minimum atomic E-state index is -4.77. The smallest absolute Gasteiger partial charge is 0.406 e. The molecule has 7 aromatic carbocycles. The number of ether oxygens (including phenoxy) is 1. The molecular formula is C36H19F3N4O. The fourth-order valence-corrected chi connectivity index (χ4v) is 5.96. The largest absolute Gasteiger partial charge is 0.573 e. The lowest BCUT2D eigenvalue weighted by Crippen LogP contribution is -2.16. The number of aryl methyl sites for hydroxylation is 1. The van der Waals surface area contributed by atoms with Crippen LogP contribution < -0.4 is 15.5 Å². The Balaban J connectivity index is 1.45. The standard InChI is InChI=1S/C36H19F3N4O/c1-20-3-5-21(6-4-20)24-10-14-27-29-17-32-28(18-33(29)35(43-41-2)31(27)16-24)26-13-9-23(15-30(26)34(32)42-19-40)22-7-11-25(12-8-22)44-36(37,38)39/h3-18H,1H3/b42-34+,43-35+. The van der Waals surface area contributed by atoms with Gasteiger partial charge in [-0.2, -0.15) is 16.8 Å². The van der Waals surface area contributed by atoms with Crippen molar-refractivity contribution in [2.75, 3.05) is 0 Å². The highest BCUT2D eigenvalue weighted by Crippen LogP contribution is 2.36. The van der Waals surface area contributed by atoms with E-state index in [1.54, 1.807) is 12.1 Å². The first-order valence-corrected chi connectivity index (χ1v) is 13.6. The average molecular weight is 581 g/mol. The van der Waals surface area contributed by atoms with Crippen molar-refractivity contribution in [3.63, 3.8) is 0 Å². The molecule has 44 heavy (non-hydrogen) atoms. The van der Waals surface area contributed by atoms with Gasteiger partial charge >= 0.3 is 6.36 Å². The molecule has 0 unspecified atom stereocenters. The van der Waals surface area contributed by atoms with Gasteiger partial charge in [0.15, 0.2) is 5.36 Å². The second-order valence-electron chi connectivity index (χ2n) is 10.5. The van der Waals surface area contributed by atoms with Crippen LogP contribution in [-0.4, -0.2) is 6.36 Å². The lowest BCUT2D eigenvalue weighted by atomic mass is 10.0. The maximum atomic E-state index is 12.6. The summed E-state index contributed by atoms with van der Waals surface area (Å²) in [4.78, 5) is 7.57. The average Bonchev–Trinajstić information content (AvgIpc) is 3.47. The molecule has 7 aromatic rings. The molecule has 0 heterocycles. The van der Waals surface area contributed by atoms with Gasteiger partial charge in [0.25, 0.3) is 0 Å². The first-order valence-electron chi connectivity index (χ1n) is 13.6. The van der Waals surface area contributed by atoms with Crippen LogP contribution in [0, 0.1) is 25.0 Å². The van der Waals surface area contributed by atoms with Crippen LogP contribution in [0.3, 0.4) is 0 Å². The maximum absolute atomic E-state index is 12.6. The summed E-state index contributed by atoms with van der Waals surface area (Å²) >= 11 is 0. The van der Waals surface area contributed by atoms with E-state index in [2.05, 4.69) is 56.2 Å². The zero-order valence-electron chi connectivity index (χ0n) is 23.1. The van der Waals surface area contributed by atoms with Gasteiger partial charge in [-0.1, -0.05) is 66.2 Å². The van der Waals surface area contributed by atoms with Crippen molar-refractivity contribution in [3.05, 3.63) is 125 Å². The topological polar surface area (TPSA) is 62.1 Å². The van der Waals surface area contributed by atoms with Crippen molar-refractivity contribution in [2.45, 2.75) is 13.3 Å².